The maximum atomic E-state index is 12.6. The number of carbonyl (C=O) groups is 1. The van der Waals surface area contributed by atoms with Crippen LogP contribution in [0, 0.1) is 6.92 Å². The summed E-state index contributed by atoms with van der Waals surface area (Å²) in [5.41, 5.74) is 2.88. The average molecular weight is 309 g/mol. The molecule has 2 heterocycles. The highest BCUT2D eigenvalue weighted by molar-refractivity contribution is 5.94. The van der Waals surface area contributed by atoms with E-state index in [-0.39, 0.29) is 5.91 Å². The fourth-order valence-corrected chi connectivity index (χ4v) is 2.94. The molecule has 1 fully saturated rings. The van der Waals surface area contributed by atoms with Gasteiger partial charge in [-0.25, -0.2) is 4.98 Å². The molecule has 0 spiro atoms. The highest BCUT2D eigenvalue weighted by atomic mass is 16.2. The first kappa shape index (κ1) is 15.5. The summed E-state index contributed by atoms with van der Waals surface area (Å²) in [5.74, 6) is 0.837. The van der Waals surface area contributed by atoms with Crippen LogP contribution in [0.25, 0.3) is 0 Å². The molecule has 0 radical (unpaired) electrons. The first-order chi connectivity index (χ1) is 11.1. The molecule has 1 aromatic carbocycles. The van der Waals surface area contributed by atoms with E-state index in [1.165, 1.54) is 12.0 Å². The van der Waals surface area contributed by atoms with Crippen molar-refractivity contribution in [3.63, 3.8) is 0 Å². The molecule has 1 unspecified atom stereocenters. The van der Waals surface area contributed by atoms with Crippen molar-refractivity contribution in [2.75, 3.05) is 11.9 Å². The molecular formula is C19H23N3O. The Hall–Kier alpha value is -2.36. The summed E-state index contributed by atoms with van der Waals surface area (Å²) in [4.78, 5) is 18.9. The summed E-state index contributed by atoms with van der Waals surface area (Å²) >= 11 is 0. The number of nitrogens with zero attached hydrogens (tertiary/aromatic N) is 2. The van der Waals surface area contributed by atoms with E-state index in [2.05, 4.69) is 36.3 Å². The number of piperidine rings is 1. The van der Waals surface area contributed by atoms with Crippen LogP contribution in [0.15, 0.2) is 42.6 Å². The molecule has 1 aliphatic heterocycles. The maximum Gasteiger partial charge on any atom is 0.255 e. The molecule has 1 aromatic heterocycles. The minimum atomic E-state index is 0.0894. The van der Waals surface area contributed by atoms with Gasteiger partial charge in [-0.05, 0) is 57.4 Å². The second-order valence-corrected chi connectivity index (χ2v) is 6.27. The lowest BCUT2D eigenvalue weighted by atomic mass is 10.0. The van der Waals surface area contributed by atoms with Crippen LogP contribution in [0.1, 0.15) is 42.1 Å². The van der Waals surface area contributed by atoms with Gasteiger partial charge in [0.25, 0.3) is 5.91 Å². The number of aromatic nitrogens is 1. The Bertz CT molecular complexity index is 664. The summed E-state index contributed by atoms with van der Waals surface area (Å²) in [6.45, 7) is 5.03. The molecule has 0 bridgehead atoms. The van der Waals surface area contributed by atoms with Crippen LogP contribution in [0.4, 0.5) is 11.5 Å². The van der Waals surface area contributed by atoms with E-state index in [0.717, 1.165) is 30.9 Å². The second-order valence-electron chi connectivity index (χ2n) is 6.27. The molecule has 0 saturated carbocycles. The number of likely N-dealkylation sites (tertiary alicyclic amines) is 1. The van der Waals surface area contributed by atoms with Crippen LogP contribution in [-0.2, 0) is 0 Å². The van der Waals surface area contributed by atoms with Gasteiger partial charge in [0.2, 0.25) is 0 Å². The van der Waals surface area contributed by atoms with Crippen molar-refractivity contribution in [1.82, 2.24) is 9.88 Å². The first-order valence-electron chi connectivity index (χ1n) is 8.24. The topological polar surface area (TPSA) is 45.2 Å². The SMILES string of the molecule is Cc1ccc(Nc2ccc(C(=O)N3CCCCC3C)cn2)cc1. The number of aryl methyl sites for hydroxylation is 1. The third-order valence-electron chi connectivity index (χ3n) is 4.40. The van der Waals surface area contributed by atoms with Crippen LogP contribution in [0.5, 0.6) is 0 Å². The molecule has 2 aromatic rings. The van der Waals surface area contributed by atoms with Crippen molar-refractivity contribution in [2.24, 2.45) is 0 Å². The third-order valence-corrected chi connectivity index (χ3v) is 4.40. The number of anilines is 2. The van der Waals surface area contributed by atoms with Gasteiger partial charge in [-0.3, -0.25) is 4.79 Å². The second kappa shape index (κ2) is 6.82. The van der Waals surface area contributed by atoms with E-state index in [0.29, 0.717) is 11.6 Å². The van der Waals surface area contributed by atoms with Crippen LogP contribution in [0.3, 0.4) is 0 Å². The van der Waals surface area contributed by atoms with E-state index >= 15 is 0 Å². The van der Waals surface area contributed by atoms with Gasteiger partial charge in [0.1, 0.15) is 5.82 Å². The Balaban J connectivity index is 1.69. The molecule has 120 valence electrons. The van der Waals surface area contributed by atoms with Gasteiger partial charge in [0.15, 0.2) is 0 Å². The Morgan fingerprint density at radius 2 is 1.96 bits per heavy atom. The molecule has 23 heavy (non-hydrogen) atoms. The number of amides is 1. The number of rotatable bonds is 3. The number of benzene rings is 1. The Labute approximate surface area is 137 Å². The summed E-state index contributed by atoms with van der Waals surface area (Å²) in [5, 5.41) is 3.25. The highest BCUT2D eigenvalue weighted by Gasteiger charge is 2.24. The number of hydrogen-bond donors (Lipinski definition) is 1. The van der Waals surface area contributed by atoms with E-state index in [1.54, 1.807) is 6.20 Å². The van der Waals surface area contributed by atoms with E-state index in [9.17, 15) is 4.79 Å². The van der Waals surface area contributed by atoms with E-state index < -0.39 is 0 Å². The number of nitrogens with one attached hydrogen (secondary N) is 1. The lowest BCUT2D eigenvalue weighted by molar-refractivity contribution is 0.0635. The Morgan fingerprint density at radius 3 is 2.61 bits per heavy atom. The average Bonchev–Trinajstić information content (AvgIpc) is 2.57. The monoisotopic (exact) mass is 309 g/mol. The lowest BCUT2D eigenvalue weighted by Gasteiger charge is -2.33. The molecule has 4 heteroatoms. The normalized spacial score (nSPS) is 17.8. The van der Waals surface area contributed by atoms with Gasteiger partial charge in [-0.2, -0.15) is 0 Å². The molecule has 1 saturated heterocycles. The fraction of sp³-hybridized carbons (Fsp3) is 0.368. The fourth-order valence-electron chi connectivity index (χ4n) is 2.94. The van der Waals surface area contributed by atoms with E-state index in [1.807, 2.05) is 29.2 Å². The van der Waals surface area contributed by atoms with Gasteiger partial charge in [-0.15, -0.1) is 0 Å². The van der Waals surface area contributed by atoms with Gasteiger partial charge in [0, 0.05) is 24.5 Å². The van der Waals surface area contributed by atoms with Gasteiger partial charge in [-0.1, -0.05) is 17.7 Å². The summed E-state index contributed by atoms with van der Waals surface area (Å²) in [6.07, 6.45) is 5.06. The quantitative estimate of drug-likeness (QED) is 0.926. The van der Waals surface area contributed by atoms with Crippen molar-refractivity contribution >= 4 is 17.4 Å². The zero-order valence-corrected chi connectivity index (χ0v) is 13.7. The Morgan fingerprint density at radius 1 is 1.17 bits per heavy atom. The minimum Gasteiger partial charge on any atom is -0.340 e. The zero-order valence-electron chi connectivity index (χ0n) is 13.7. The number of carbonyl (C=O) groups excluding carboxylic acids is 1. The van der Waals surface area contributed by atoms with Gasteiger partial charge in [0.05, 0.1) is 5.56 Å². The summed E-state index contributed by atoms with van der Waals surface area (Å²) in [6, 6.07) is 12.2. The zero-order chi connectivity index (χ0) is 16.2. The predicted molar refractivity (Wildman–Crippen MR) is 93.0 cm³/mol. The van der Waals surface area contributed by atoms with Crippen molar-refractivity contribution in [2.45, 2.75) is 39.2 Å². The number of pyridine rings is 1. The van der Waals surface area contributed by atoms with Crippen LogP contribution in [0.2, 0.25) is 0 Å². The van der Waals surface area contributed by atoms with Crippen LogP contribution >= 0.6 is 0 Å². The lowest BCUT2D eigenvalue weighted by Crippen LogP contribution is -2.42. The minimum absolute atomic E-state index is 0.0894. The molecule has 1 aliphatic rings. The molecule has 1 N–H and O–H groups in total. The van der Waals surface area contributed by atoms with Gasteiger partial charge < -0.3 is 10.2 Å². The standard InChI is InChI=1S/C19H23N3O/c1-14-6-9-17(10-7-14)21-18-11-8-16(13-20-18)19(23)22-12-4-3-5-15(22)2/h6-11,13,15H,3-5,12H2,1-2H3,(H,20,21). The molecule has 1 atom stereocenters. The van der Waals surface area contributed by atoms with Crippen molar-refractivity contribution in [3.8, 4) is 0 Å². The molecular weight excluding hydrogens is 286 g/mol. The van der Waals surface area contributed by atoms with Crippen LogP contribution < -0.4 is 5.32 Å². The summed E-state index contributed by atoms with van der Waals surface area (Å²) in [7, 11) is 0. The van der Waals surface area contributed by atoms with Crippen LogP contribution in [-0.4, -0.2) is 28.4 Å². The summed E-state index contributed by atoms with van der Waals surface area (Å²) < 4.78 is 0. The first-order valence-corrected chi connectivity index (χ1v) is 8.24. The number of hydrogen-bond acceptors (Lipinski definition) is 3. The molecule has 4 nitrogen and oxygen atoms in total. The molecule has 3 rings (SSSR count). The largest absolute Gasteiger partial charge is 0.340 e. The van der Waals surface area contributed by atoms with Crippen molar-refractivity contribution in [1.29, 1.82) is 0 Å². The van der Waals surface area contributed by atoms with Crippen molar-refractivity contribution in [3.05, 3.63) is 53.7 Å². The third kappa shape index (κ3) is 3.70. The molecule has 1 amide bonds. The van der Waals surface area contributed by atoms with Crippen molar-refractivity contribution < 1.29 is 4.79 Å². The smallest absolute Gasteiger partial charge is 0.255 e. The molecule has 0 aliphatic carbocycles. The highest BCUT2D eigenvalue weighted by Crippen LogP contribution is 2.20. The van der Waals surface area contributed by atoms with Gasteiger partial charge >= 0.3 is 0 Å². The Kier molecular flexibility index (Phi) is 4.60. The maximum absolute atomic E-state index is 12.6. The van der Waals surface area contributed by atoms with E-state index in [4.69, 9.17) is 0 Å². The predicted octanol–water partition coefficient (Wildman–Crippen LogP) is 4.15.